The van der Waals surface area contributed by atoms with Crippen LogP contribution in [-0.2, 0) is 5.41 Å². The largest absolute Gasteiger partial charge is 0.365 e. The Hall–Kier alpha value is -4.88. The van der Waals surface area contributed by atoms with E-state index in [1.807, 2.05) is 0 Å². The van der Waals surface area contributed by atoms with Crippen LogP contribution in [0, 0.1) is 29.6 Å². The van der Waals surface area contributed by atoms with Crippen LogP contribution in [0.5, 0.6) is 0 Å². The Morgan fingerprint density at radius 1 is 0.627 bits per heavy atom. The van der Waals surface area contributed by atoms with E-state index >= 15 is 0 Å². The van der Waals surface area contributed by atoms with Crippen molar-refractivity contribution in [1.82, 2.24) is 0 Å². The topological polar surface area (TPSA) is 3.24 Å². The molecule has 11 rings (SSSR count). The van der Waals surface area contributed by atoms with Gasteiger partial charge in [0.15, 0.2) is 0 Å². The van der Waals surface area contributed by atoms with Crippen molar-refractivity contribution in [2.75, 3.05) is 4.90 Å². The number of nitrogens with zero attached hydrogens (tertiary/aromatic N) is 1. The predicted molar refractivity (Wildman–Crippen MR) is 213 cm³/mol. The standard InChI is InChI=1S/C50H45N/c1-31-14-3-5-17-35(31)38-20-8-7-18-36(38)32(2)51(47-27-11-16-33-15-4-6-19-37(33)47)34-28-29-40-42-23-13-25-44-43-24-12-22-41-39-21-9-10-26-45(39)50(48(41)43,49(42)44)46(40)30-34/h3-27,31-32,34-36,38,40,46H,28-30H2,1-2H3. The fourth-order valence-electron chi connectivity index (χ4n) is 12.3. The summed E-state index contributed by atoms with van der Waals surface area (Å²) >= 11 is 0. The first kappa shape index (κ1) is 29.8. The summed E-state index contributed by atoms with van der Waals surface area (Å²) < 4.78 is 0. The molecule has 51 heavy (non-hydrogen) atoms. The van der Waals surface area contributed by atoms with E-state index in [0.29, 0.717) is 47.6 Å². The molecule has 6 aliphatic rings. The number of allylic oxidation sites excluding steroid dienone is 7. The summed E-state index contributed by atoms with van der Waals surface area (Å²) in [5.74, 6) is 2.99. The maximum Gasteiger partial charge on any atom is 0.0513 e. The Kier molecular flexibility index (Phi) is 6.46. The van der Waals surface area contributed by atoms with Crippen molar-refractivity contribution in [3.63, 3.8) is 0 Å². The van der Waals surface area contributed by atoms with E-state index in [9.17, 15) is 0 Å². The molecular weight excluding hydrogens is 615 g/mol. The molecule has 0 amide bonds. The molecule has 0 bridgehead atoms. The van der Waals surface area contributed by atoms with Crippen molar-refractivity contribution in [2.24, 2.45) is 29.6 Å². The third-order valence-corrected chi connectivity index (χ3v) is 14.2. The van der Waals surface area contributed by atoms with Crippen LogP contribution in [0.15, 0.2) is 152 Å². The quantitative estimate of drug-likeness (QED) is 0.181. The zero-order chi connectivity index (χ0) is 33.8. The van der Waals surface area contributed by atoms with Gasteiger partial charge in [-0.3, -0.25) is 0 Å². The SMILES string of the molecule is CC1C=CC=CC1C1C=CC=CC1C(C)N(c1cccc2ccccc12)C1CCC2c3cccc4c3C3(c5ccccc5-c5cccc-4c53)C2C1. The number of rotatable bonds is 5. The third kappa shape index (κ3) is 3.93. The first-order chi connectivity index (χ1) is 25.2. The molecular formula is C50H45N. The highest BCUT2D eigenvalue weighted by Crippen LogP contribution is 2.73. The lowest BCUT2D eigenvalue weighted by atomic mass is 9.62. The zero-order valence-corrected chi connectivity index (χ0v) is 29.6. The fourth-order valence-corrected chi connectivity index (χ4v) is 12.3. The Morgan fingerprint density at radius 3 is 2.18 bits per heavy atom. The second-order valence-corrected chi connectivity index (χ2v) is 16.3. The molecule has 9 atom stereocenters. The average Bonchev–Trinajstić information content (AvgIpc) is 3.78. The van der Waals surface area contributed by atoms with Gasteiger partial charge in [0.1, 0.15) is 0 Å². The van der Waals surface area contributed by atoms with Crippen LogP contribution in [0.1, 0.15) is 61.3 Å². The third-order valence-electron chi connectivity index (χ3n) is 14.2. The number of anilines is 1. The zero-order valence-electron chi connectivity index (χ0n) is 29.6. The molecule has 0 N–H and O–H groups in total. The monoisotopic (exact) mass is 659 g/mol. The molecule has 250 valence electrons. The highest BCUT2D eigenvalue weighted by molar-refractivity contribution is 5.99. The molecule has 0 heterocycles. The maximum atomic E-state index is 2.94. The van der Waals surface area contributed by atoms with E-state index in [0.717, 1.165) is 0 Å². The second kappa shape index (κ2) is 11.1. The van der Waals surface area contributed by atoms with Gasteiger partial charge in [-0.25, -0.2) is 0 Å². The molecule has 0 aliphatic heterocycles. The molecule has 1 nitrogen and oxygen atoms in total. The van der Waals surface area contributed by atoms with E-state index in [2.05, 4.69) is 170 Å². The molecule has 0 saturated heterocycles. The summed E-state index contributed by atoms with van der Waals surface area (Å²) in [5.41, 5.74) is 13.7. The molecule has 6 aliphatic carbocycles. The van der Waals surface area contributed by atoms with Gasteiger partial charge in [-0.2, -0.15) is 0 Å². The Morgan fingerprint density at radius 2 is 1.29 bits per heavy atom. The Balaban J connectivity index is 1.07. The smallest absolute Gasteiger partial charge is 0.0513 e. The molecule has 9 unspecified atom stereocenters. The van der Waals surface area contributed by atoms with Crippen LogP contribution < -0.4 is 4.90 Å². The Labute approximate surface area is 302 Å². The van der Waals surface area contributed by atoms with Crippen LogP contribution in [0.3, 0.4) is 0 Å². The van der Waals surface area contributed by atoms with Crippen molar-refractivity contribution in [3.05, 3.63) is 174 Å². The summed E-state index contributed by atoms with van der Waals surface area (Å²) in [7, 11) is 0. The van der Waals surface area contributed by atoms with Crippen LogP contribution in [0.25, 0.3) is 33.0 Å². The molecule has 0 aromatic heterocycles. The summed E-state index contributed by atoms with van der Waals surface area (Å²) in [6.45, 7) is 4.95. The number of fused-ring (bicyclic) bond motifs is 6. The lowest BCUT2D eigenvalue weighted by molar-refractivity contribution is 0.215. The molecule has 0 radical (unpaired) electrons. The predicted octanol–water partition coefficient (Wildman–Crippen LogP) is 12.0. The minimum atomic E-state index is -0.0594. The second-order valence-electron chi connectivity index (χ2n) is 16.3. The average molecular weight is 660 g/mol. The lowest BCUT2D eigenvalue weighted by Gasteiger charge is -2.50. The van der Waals surface area contributed by atoms with Crippen LogP contribution >= 0.6 is 0 Å². The van der Waals surface area contributed by atoms with E-state index in [1.165, 1.54) is 58.0 Å². The van der Waals surface area contributed by atoms with Crippen molar-refractivity contribution < 1.29 is 0 Å². The summed E-state index contributed by atoms with van der Waals surface area (Å²) in [6, 6.07) is 40.7. The van der Waals surface area contributed by atoms with Gasteiger partial charge in [0.25, 0.3) is 0 Å². The molecule has 5 aromatic rings. The van der Waals surface area contributed by atoms with Crippen molar-refractivity contribution in [3.8, 4) is 22.3 Å². The van der Waals surface area contributed by atoms with Crippen LogP contribution in [0.4, 0.5) is 5.69 Å². The van der Waals surface area contributed by atoms with Crippen LogP contribution in [0.2, 0.25) is 0 Å². The number of hydrogen-bond donors (Lipinski definition) is 0. The summed E-state index contributed by atoms with van der Waals surface area (Å²) in [6.07, 6.45) is 22.7. The fraction of sp³-hybridized carbons (Fsp3) is 0.280. The van der Waals surface area contributed by atoms with Crippen LogP contribution in [-0.4, -0.2) is 12.1 Å². The minimum Gasteiger partial charge on any atom is -0.365 e. The number of hydrogen-bond acceptors (Lipinski definition) is 1. The van der Waals surface area contributed by atoms with E-state index < -0.39 is 0 Å². The molecule has 1 heteroatoms. The molecule has 1 fully saturated rings. The maximum absolute atomic E-state index is 2.94. The summed E-state index contributed by atoms with van der Waals surface area (Å²) in [4.78, 5) is 2.94. The normalized spacial score (nSPS) is 30.6. The highest BCUT2D eigenvalue weighted by atomic mass is 15.2. The molecule has 1 spiro atoms. The van der Waals surface area contributed by atoms with Gasteiger partial charge in [-0.1, -0.05) is 153 Å². The van der Waals surface area contributed by atoms with Gasteiger partial charge >= 0.3 is 0 Å². The first-order valence-electron chi connectivity index (χ1n) is 19.5. The van der Waals surface area contributed by atoms with E-state index in [4.69, 9.17) is 0 Å². The van der Waals surface area contributed by atoms with Gasteiger partial charge in [0.05, 0.1) is 5.41 Å². The summed E-state index contributed by atoms with van der Waals surface area (Å²) in [5, 5.41) is 2.71. The van der Waals surface area contributed by atoms with Gasteiger partial charge in [-0.15, -0.1) is 0 Å². The van der Waals surface area contributed by atoms with Gasteiger partial charge in [0.2, 0.25) is 0 Å². The van der Waals surface area contributed by atoms with E-state index in [1.54, 1.807) is 22.3 Å². The van der Waals surface area contributed by atoms with Gasteiger partial charge in [0, 0.05) is 29.1 Å². The highest BCUT2D eigenvalue weighted by Gasteiger charge is 2.63. The van der Waals surface area contributed by atoms with Crippen molar-refractivity contribution in [2.45, 2.75) is 56.5 Å². The van der Waals surface area contributed by atoms with Gasteiger partial charge in [-0.05, 0) is 112 Å². The Bertz CT molecular complexity index is 2350. The molecule has 1 saturated carbocycles. The van der Waals surface area contributed by atoms with Gasteiger partial charge < -0.3 is 4.90 Å². The minimum absolute atomic E-state index is 0.0594. The van der Waals surface area contributed by atoms with Crippen molar-refractivity contribution in [1.29, 1.82) is 0 Å². The lowest BCUT2D eigenvalue weighted by Crippen LogP contribution is -2.51. The molecule has 5 aromatic carbocycles. The van der Waals surface area contributed by atoms with Crippen molar-refractivity contribution >= 4 is 16.5 Å². The number of benzene rings is 5. The van der Waals surface area contributed by atoms with E-state index in [-0.39, 0.29) is 5.41 Å². The first-order valence-corrected chi connectivity index (χ1v) is 19.5.